The third-order valence-electron chi connectivity index (χ3n) is 22.5. The van der Waals surface area contributed by atoms with E-state index in [0.717, 1.165) is 168 Å². The molecule has 5 aromatic carbocycles. The number of methoxy groups -OCH3 is 5. The van der Waals surface area contributed by atoms with Gasteiger partial charge in [0.2, 0.25) is 5.91 Å². The lowest BCUT2D eigenvalue weighted by molar-refractivity contribution is 0.0999. The zero-order valence-electron chi connectivity index (χ0n) is 75.8. The van der Waals surface area contributed by atoms with Gasteiger partial charge >= 0.3 is 0 Å². The molecule has 0 bridgehead atoms. The van der Waals surface area contributed by atoms with Crippen LogP contribution in [0.15, 0.2) is 322 Å². The average molecular weight is 1970 g/mol. The number of primary amides is 1. The molecule has 19 heterocycles. The van der Waals surface area contributed by atoms with Crippen molar-refractivity contribution in [3.63, 3.8) is 0 Å². The number of carbonyl (C=O) groups excluding carboxylic acids is 1. The van der Waals surface area contributed by atoms with Gasteiger partial charge in [-0.1, -0.05) is 43.2 Å². The number of ether oxygens (including phenoxy) is 10. The number of carbonyl (C=O) groups is 1. The third-order valence-corrected chi connectivity index (χ3v) is 23.2. The molecule has 0 spiro atoms. The highest BCUT2D eigenvalue weighted by Crippen LogP contribution is 2.36. The fourth-order valence-electron chi connectivity index (χ4n) is 15.3. The molecule has 0 atom stereocenters. The predicted molar refractivity (Wildman–Crippen MR) is 559 cm³/mol. The number of rotatable bonds is 25. The van der Waals surface area contributed by atoms with Crippen LogP contribution in [-0.2, 0) is 33.0 Å². The van der Waals surface area contributed by atoms with Gasteiger partial charge in [0.25, 0.3) is 0 Å². The molecule has 734 valence electrons. The minimum absolute atomic E-state index is 0. The summed E-state index contributed by atoms with van der Waals surface area (Å²) in [4.78, 5) is 54.5. The Kier molecular flexibility index (Phi) is 32.3. The highest BCUT2D eigenvalue weighted by molar-refractivity contribution is 7.08. The number of amides is 1. The quantitative estimate of drug-likeness (QED) is 0.0555. The van der Waals surface area contributed by atoms with Crippen LogP contribution in [0.3, 0.4) is 0 Å². The second-order valence-electron chi connectivity index (χ2n) is 31.0. The van der Waals surface area contributed by atoms with Crippen molar-refractivity contribution in [2.75, 3.05) is 35.5 Å². The number of fused-ring (bicyclic) bond motifs is 10. The van der Waals surface area contributed by atoms with Crippen LogP contribution in [0.25, 0.3) is 128 Å². The maximum absolute atomic E-state index is 11.4. The van der Waals surface area contributed by atoms with Gasteiger partial charge in [-0.3, -0.25) is 66.7 Å². The number of hydrogen-bond donors (Lipinski definition) is 1. The highest BCUT2D eigenvalue weighted by Gasteiger charge is 2.20. The van der Waals surface area contributed by atoms with Crippen LogP contribution in [0.1, 0.15) is 76.6 Å². The molecule has 0 fully saturated rings. The fraction of sp³-hybridized carbons (Fsp3) is 0.139. The van der Waals surface area contributed by atoms with Crippen molar-refractivity contribution < 1.29 is 52.2 Å². The van der Waals surface area contributed by atoms with Crippen LogP contribution in [0.2, 0.25) is 0 Å². The molecule has 0 radical (unpaired) electrons. The SMILES string of the molecule is C.C.C.C.C.COc1ccc2c(OCc3nnc4ccc(-c5cccnc5)cn34)ccnc2c1.COc1ccc2c(OCc3nnc4ccc(-c5ccsc5)cn34)ccnc2c1.COc1ccc2c(OCc3nnc4ccc(-c5cnccn5)cn34)ccnc2c1.COc1ccc2c(OCc3nnc4ccc(-c5ncccn5)cn34)ccnc2c1.COc1ccc2c(OCc3nnc4ccc(C(N)=O)cn34)ccnc2c1. The number of nitrogens with zero attached hydrogens (tertiary/aromatic N) is 25. The van der Waals surface area contributed by atoms with Gasteiger partial charge in [0.05, 0.1) is 80.6 Å². The van der Waals surface area contributed by atoms with E-state index in [0.29, 0.717) is 52.7 Å². The number of hydrogen-bond acceptors (Lipinski definition) is 32. The molecule has 38 heteroatoms. The van der Waals surface area contributed by atoms with Gasteiger partial charge in [-0.15, -0.1) is 51.0 Å². The molecule has 19 aromatic heterocycles. The van der Waals surface area contributed by atoms with E-state index in [1.54, 1.807) is 150 Å². The topological polar surface area (TPSA) is 415 Å². The lowest BCUT2D eigenvalue weighted by Crippen LogP contribution is -2.12. The van der Waals surface area contributed by atoms with Crippen LogP contribution in [0.4, 0.5) is 0 Å². The van der Waals surface area contributed by atoms with Crippen LogP contribution in [-0.4, -0.2) is 164 Å². The van der Waals surface area contributed by atoms with Crippen molar-refractivity contribution in [1.29, 1.82) is 0 Å². The Morgan fingerprint density at radius 2 is 0.616 bits per heavy atom. The number of pyridine rings is 11. The molecule has 37 nitrogen and oxygen atoms in total. The molecule has 2 N–H and O–H groups in total. The van der Waals surface area contributed by atoms with E-state index < -0.39 is 5.91 Å². The zero-order chi connectivity index (χ0) is 95.9. The van der Waals surface area contributed by atoms with Crippen molar-refractivity contribution in [3.8, 4) is 102 Å². The second kappa shape index (κ2) is 46.7. The first-order valence-electron chi connectivity index (χ1n) is 43.6. The first kappa shape index (κ1) is 101. The molecule has 1 amide bonds. The monoisotopic (exact) mass is 1970 g/mol. The van der Waals surface area contributed by atoms with Crippen molar-refractivity contribution >= 4 is 100.0 Å². The third kappa shape index (κ3) is 22.4. The molecular formula is C108H100N26O11S. The summed E-state index contributed by atoms with van der Waals surface area (Å²) < 4.78 is 65.9. The molecular weight excluding hydrogens is 1870 g/mol. The predicted octanol–water partition coefficient (Wildman–Crippen LogP) is 20.3. The van der Waals surface area contributed by atoms with Gasteiger partial charge < -0.3 is 53.1 Å². The molecule has 24 rings (SSSR count). The van der Waals surface area contributed by atoms with Gasteiger partial charge in [-0.25, -0.2) is 9.97 Å². The first-order valence-corrected chi connectivity index (χ1v) is 44.6. The van der Waals surface area contributed by atoms with E-state index in [1.807, 2.05) is 218 Å². The smallest absolute Gasteiger partial charge is 0.250 e. The number of thiophene rings is 1. The standard InChI is InChI=1S/C22H17N5O2.2C21H16N6O2.C21H16N4O2S.C18H15N5O3.5CH4/c1-28-17-5-6-18-19(11-17)24-10-8-20(18)29-14-22-26-25-21-7-4-16(13-27(21)22)15-3-2-9-23-12-15;1-28-15-4-5-16-17(11-15)22-10-7-18(16)29-13-20-26-25-19-6-3-14(12-27(19)20)21-23-8-2-9-24-21;1-28-15-3-4-16-17(10-15)23-7-6-19(16)29-13-21-26-25-20-5-2-14(12-27(20)21)18-11-22-8-9-24-18;1-26-16-3-4-17-18(10-16)22-8-6-19(17)27-12-21-24-23-20-5-2-14(11-25(20)21)15-7-9-28-13-15;1-25-12-3-4-13-14(8-12)20-7-6-15(13)26-10-17-22-21-16-5-2-11(18(19)24)9-23(16)17;;;;;/h2-13H,14H2,1H3;2*2-12H,13H2,1H3;2-11,13H,12H2,1H3;2-9H,10H2,1H3,(H2,19,24);5*1H4. The second-order valence-corrected chi connectivity index (χ2v) is 31.8. The molecule has 146 heavy (non-hydrogen) atoms. The van der Waals surface area contributed by atoms with Crippen molar-refractivity contribution in [2.45, 2.75) is 70.2 Å². The summed E-state index contributed by atoms with van der Waals surface area (Å²) in [6.45, 7) is 1.28. The fourth-order valence-corrected chi connectivity index (χ4v) is 16.0. The Hall–Kier alpha value is -19.3. The molecule has 0 aliphatic rings. The Balaban J connectivity index is 0.000000136. The number of benzene rings is 5. The number of aromatic nitrogens is 25. The molecule has 0 saturated heterocycles. The van der Waals surface area contributed by atoms with E-state index >= 15 is 0 Å². The van der Waals surface area contributed by atoms with Gasteiger partial charge in [0, 0.05) is 179 Å². The van der Waals surface area contributed by atoms with E-state index in [-0.39, 0.29) is 63.6 Å². The van der Waals surface area contributed by atoms with E-state index in [9.17, 15) is 4.79 Å². The van der Waals surface area contributed by atoms with E-state index in [2.05, 4.69) is 124 Å². The molecule has 24 aromatic rings. The lowest BCUT2D eigenvalue weighted by Gasteiger charge is -2.09. The first-order chi connectivity index (χ1) is 69.4. The van der Waals surface area contributed by atoms with Crippen molar-refractivity contribution in [1.82, 2.24) is 123 Å². The van der Waals surface area contributed by atoms with E-state index in [4.69, 9.17) is 53.1 Å². The highest BCUT2D eigenvalue weighted by atomic mass is 32.1. The summed E-state index contributed by atoms with van der Waals surface area (Å²) >= 11 is 1.68. The van der Waals surface area contributed by atoms with E-state index in [1.165, 1.54) is 5.56 Å². The van der Waals surface area contributed by atoms with Gasteiger partial charge in [-0.2, -0.15) is 11.3 Å². The zero-order valence-corrected chi connectivity index (χ0v) is 76.6. The average Bonchev–Trinajstić information content (AvgIpc) is 1.64. The number of nitrogens with two attached hydrogens (primary N) is 1. The van der Waals surface area contributed by atoms with Crippen LogP contribution in [0, 0.1) is 0 Å². The van der Waals surface area contributed by atoms with Gasteiger partial charge in [-0.05, 0) is 192 Å². The Morgan fingerprint density at radius 3 is 0.945 bits per heavy atom. The van der Waals surface area contributed by atoms with Crippen LogP contribution < -0.4 is 53.1 Å². The Morgan fingerprint density at radius 1 is 0.288 bits per heavy atom. The summed E-state index contributed by atoms with van der Waals surface area (Å²) in [5.74, 6) is 10.8. The molecule has 0 aliphatic heterocycles. The maximum Gasteiger partial charge on any atom is 0.250 e. The molecule has 0 aliphatic carbocycles. The Bertz CT molecular complexity index is 8120. The summed E-state index contributed by atoms with van der Waals surface area (Å²) in [6.07, 6.45) is 30.1. The van der Waals surface area contributed by atoms with Crippen molar-refractivity contribution in [2.24, 2.45) is 5.73 Å². The molecule has 0 saturated carbocycles. The maximum atomic E-state index is 11.4. The summed E-state index contributed by atoms with van der Waals surface area (Å²) in [5.41, 5.74) is 20.3. The largest absolute Gasteiger partial charge is 0.497 e. The van der Waals surface area contributed by atoms with Crippen LogP contribution in [0.5, 0.6) is 57.5 Å². The van der Waals surface area contributed by atoms with Crippen molar-refractivity contribution in [3.05, 3.63) is 357 Å². The minimum atomic E-state index is -0.512. The Labute approximate surface area is 841 Å². The lowest BCUT2D eigenvalue weighted by atomic mass is 10.1. The molecule has 0 unspecified atom stereocenters. The summed E-state index contributed by atoms with van der Waals surface area (Å²) in [5, 5.41) is 50.9. The summed E-state index contributed by atoms with van der Waals surface area (Å²) in [6, 6.07) is 64.3. The van der Waals surface area contributed by atoms with Gasteiger partial charge in [0.15, 0.2) is 63.2 Å². The minimum Gasteiger partial charge on any atom is -0.497 e. The van der Waals surface area contributed by atoms with Gasteiger partial charge in [0.1, 0.15) is 90.5 Å². The van der Waals surface area contributed by atoms with Crippen LogP contribution >= 0.6 is 11.3 Å². The summed E-state index contributed by atoms with van der Waals surface area (Å²) in [7, 11) is 8.15. The normalized spacial score (nSPS) is 10.7.